The molecule has 0 saturated heterocycles. The summed E-state index contributed by atoms with van der Waals surface area (Å²) >= 11 is 0. The van der Waals surface area contributed by atoms with Crippen LogP contribution in [0, 0.1) is 5.82 Å². The number of pyridine rings is 1. The maximum atomic E-state index is 13.7. The topological polar surface area (TPSA) is 120 Å². The van der Waals surface area contributed by atoms with Crippen molar-refractivity contribution in [3.8, 4) is 34.0 Å². The summed E-state index contributed by atoms with van der Waals surface area (Å²) in [6.07, 6.45) is 4.39. The van der Waals surface area contributed by atoms with E-state index in [0.29, 0.717) is 39.3 Å². The van der Waals surface area contributed by atoms with Crippen molar-refractivity contribution in [3.05, 3.63) is 90.5 Å². The monoisotopic (exact) mass is 599 g/mol. The fourth-order valence-corrected chi connectivity index (χ4v) is 5.53. The van der Waals surface area contributed by atoms with Gasteiger partial charge in [-0.15, -0.1) is 0 Å². The van der Waals surface area contributed by atoms with Crippen molar-refractivity contribution in [2.75, 3.05) is 31.8 Å². The number of carbonyl (C=O) groups is 1. The van der Waals surface area contributed by atoms with E-state index in [-0.39, 0.29) is 16.9 Å². The molecule has 6 rings (SSSR count). The Morgan fingerprint density at radius 1 is 1.05 bits per heavy atom. The number of sulfonamides is 1. The second kappa shape index (κ2) is 10.6. The second-order valence-electron chi connectivity index (χ2n) is 9.86. The van der Waals surface area contributed by atoms with Crippen LogP contribution in [0.4, 0.5) is 10.1 Å². The zero-order valence-electron chi connectivity index (χ0n) is 23.6. The van der Waals surface area contributed by atoms with Gasteiger partial charge in [-0.3, -0.25) is 9.10 Å². The fraction of sp³-hybridized carbons (Fsp3) is 0.129. The number of benzene rings is 3. The number of nitrogens with one attached hydrogen (secondary N) is 1. The van der Waals surface area contributed by atoms with Crippen molar-refractivity contribution < 1.29 is 26.8 Å². The summed E-state index contributed by atoms with van der Waals surface area (Å²) in [4.78, 5) is 17.7. The third-order valence-electron chi connectivity index (χ3n) is 7.25. The molecule has 0 spiro atoms. The maximum absolute atomic E-state index is 13.7. The minimum Gasteiger partial charge on any atom is -0.479 e. The van der Waals surface area contributed by atoms with E-state index in [0.717, 1.165) is 21.5 Å². The van der Waals surface area contributed by atoms with Gasteiger partial charge in [0.15, 0.2) is 0 Å². The molecule has 10 nitrogen and oxygen atoms in total. The summed E-state index contributed by atoms with van der Waals surface area (Å²) in [5.74, 6) is -0.334. The minimum atomic E-state index is -3.72. The summed E-state index contributed by atoms with van der Waals surface area (Å²) in [6, 6.07) is 18.3. The average Bonchev–Trinajstić information content (AvgIpc) is 3.61. The number of para-hydroxylation sites is 1. The van der Waals surface area contributed by atoms with Crippen LogP contribution in [0.3, 0.4) is 0 Å². The molecule has 0 saturated carbocycles. The third kappa shape index (κ3) is 4.85. The standard InChI is InChI=1S/C31H26FN5O5S/c1-33-30(38)28-23-14-22(20-13-26(31(41-3)34-16-20)37-24-8-6-5-7-19(24)17-35-37)25(36(2)43(4,39)40)15-27(23)42-29(28)18-9-11-21(32)12-10-18/h5-17H,1-4H3,(H,33,38). The molecule has 43 heavy (non-hydrogen) atoms. The molecule has 0 fully saturated rings. The van der Waals surface area contributed by atoms with Gasteiger partial charge >= 0.3 is 0 Å². The molecule has 0 aliphatic rings. The van der Waals surface area contributed by atoms with E-state index in [4.69, 9.17) is 9.15 Å². The summed E-state index contributed by atoms with van der Waals surface area (Å²) in [6.45, 7) is 0. The number of rotatable bonds is 7. The van der Waals surface area contributed by atoms with E-state index in [9.17, 15) is 17.6 Å². The molecule has 12 heteroatoms. The van der Waals surface area contributed by atoms with E-state index in [2.05, 4.69) is 15.4 Å². The van der Waals surface area contributed by atoms with Gasteiger partial charge in [0.05, 0.1) is 36.3 Å². The molecule has 1 N–H and O–H groups in total. The van der Waals surface area contributed by atoms with Crippen LogP contribution in [-0.2, 0) is 10.0 Å². The Morgan fingerprint density at radius 3 is 2.49 bits per heavy atom. The Kier molecular flexibility index (Phi) is 6.85. The summed E-state index contributed by atoms with van der Waals surface area (Å²) in [5, 5.41) is 8.53. The lowest BCUT2D eigenvalue weighted by Gasteiger charge is -2.21. The van der Waals surface area contributed by atoms with Crippen LogP contribution in [0.1, 0.15) is 10.4 Å². The molecule has 0 atom stereocenters. The van der Waals surface area contributed by atoms with Crippen molar-refractivity contribution in [3.63, 3.8) is 0 Å². The number of aromatic nitrogens is 3. The Labute approximate surface area is 246 Å². The Morgan fingerprint density at radius 2 is 1.79 bits per heavy atom. The highest BCUT2D eigenvalue weighted by Gasteiger charge is 2.26. The second-order valence-corrected chi connectivity index (χ2v) is 11.9. The highest BCUT2D eigenvalue weighted by atomic mass is 32.2. The molecule has 0 unspecified atom stereocenters. The van der Waals surface area contributed by atoms with Gasteiger partial charge in [-0.2, -0.15) is 5.10 Å². The normalized spacial score (nSPS) is 11.7. The van der Waals surface area contributed by atoms with Crippen molar-refractivity contribution in [1.82, 2.24) is 20.1 Å². The molecule has 0 aliphatic carbocycles. The van der Waals surface area contributed by atoms with Gasteiger partial charge in [0.25, 0.3) is 5.91 Å². The molecular weight excluding hydrogens is 573 g/mol. The van der Waals surface area contributed by atoms with Crippen LogP contribution in [0.5, 0.6) is 5.88 Å². The van der Waals surface area contributed by atoms with Gasteiger partial charge in [-0.05, 0) is 42.5 Å². The minimum absolute atomic E-state index is 0.219. The molecule has 3 heterocycles. The van der Waals surface area contributed by atoms with Crippen LogP contribution >= 0.6 is 0 Å². The Hall–Kier alpha value is -5.23. The van der Waals surface area contributed by atoms with Gasteiger partial charge in [0.2, 0.25) is 15.9 Å². The first-order valence-electron chi connectivity index (χ1n) is 13.1. The number of nitrogens with zero attached hydrogens (tertiary/aromatic N) is 4. The van der Waals surface area contributed by atoms with Crippen molar-refractivity contribution in [1.29, 1.82) is 0 Å². The molecule has 218 valence electrons. The lowest BCUT2D eigenvalue weighted by Crippen LogP contribution is -2.25. The molecule has 0 radical (unpaired) electrons. The van der Waals surface area contributed by atoms with Gasteiger partial charge < -0.3 is 14.5 Å². The smallest absolute Gasteiger partial charge is 0.255 e. The third-order valence-corrected chi connectivity index (χ3v) is 8.44. The molecular formula is C31H26FN5O5S. The number of hydrogen-bond acceptors (Lipinski definition) is 7. The number of carbonyl (C=O) groups excluding carboxylic acids is 1. The van der Waals surface area contributed by atoms with E-state index in [1.807, 2.05) is 24.3 Å². The number of anilines is 1. The number of fused-ring (bicyclic) bond motifs is 2. The summed E-state index contributed by atoms with van der Waals surface area (Å²) in [5.41, 5.74) is 3.62. The fourth-order valence-electron chi connectivity index (χ4n) is 5.02. The lowest BCUT2D eigenvalue weighted by atomic mass is 9.99. The first kappa shape index (κ1) is 27.9. The molecule has 0 bridgehead atoms. The molecule has 3 aromatic heterocycles. The van der Waals surface area contributed by atoms with E-state index >= 15 is 0 Å². The average molecular weight is 600 g/mol. The Bertz CT molecular complexity index is 2140. The molecule has 0 aliphatic heterocycles. The summed E-state index contributed by atoms with van der Waals surface area (Å²) < 4.78 is 53.8. The zero-order chi connectivity index (χ0) is 30.5. The largest absolute Gasteiger partial charge is 0.479 e. The maximum Gasteiger partial charge on any atom is 0.255 e. The Balaban J connectivity index is 1.65. The van der Waals surface area contributed by atoms with Crippen molar-refractivity contribution >= 4 is 43.5 Å². The predicted molar refractivity (Wildman–Crippen MR) is 163 cm³/mol. The van der Waals surface area contributed by atoms with Crippen molar-refractivity contribution in [2.24, 2.45) is 0 Å². The van der Waals surface area contributed by atoms with Gasteiger partial charge in [0.1, 0.15) is 22.8 Å². The van der Waals surface area contributed by atoms with Crippen LogP contribution in [0.2, 0.25) is 0 Å². The number of methoxy groups -OCH3 is 1. The van der Waals surface area contributed by atoms with Crippen LogP contribution < -0.4 is 14.4 Å². The first-order valence-corrected chi connectivity index (χ1v) is 15.0. The number of amides is 1. The van der Waals surface area contributed by atoms with E-state index in [1.165, 1.54) is 45.5 Å². The molecule has 3 aromatic carbocycles. The van der Waals surface area contributed by atoms with Gasteiger partial charge in [-0.25, -0.2) is 22.5 Å². The van der Waals surface area contributed by atoms with Crippen LogP contribution in [-0.4, -0.2) is 56.6 Å². The first-order chi connectivity index (χ1) is 20.6. The van der Waals surface area contributed by atoms with Crippen LogP contribution in [0.25, 0.3) is 50.0 Å². The number of halogens is 1. The summed E-state index contributed by atoms with van der Waals surface area (Å²) in [7, 11) is 0.710. The predicted octanol–water partition coefficient (Wildman–Crippen LogP) is 5.40. The SMILES string of the molecule is CNC(=O)c1c(-c2ccc(F)cc2)oc2cc(N(C)S(C)(=O)=O)c(-c3cnc(OC)c(-n4ncc5ccccc54)c3)cc12. The van der Waals surface area contributed by atoms with Crippen molar-refractivity contribution in [2.45, 2.75) is 0 Å². The zero-order valence-corrected chi connectivity index (χ0v) is 24.4. The number of furan rings is 1. The van der Waals surface area contributed by atoms with E-state index < -0.39 is 21.7 Å². The number of ether oxygens (including phenoxy) is 1. The quantitative estimate of drug-likeness (QED) is 0.261. The van der Waals surface area contributed by atoms with Gasteiger partial charge in [-0.1, -0.05) is 18.2 Å². The lowest BCUT2D eigenvalue weighted by molar-refractivity contribution is 0.0964. The number of hydrogen-bond donors (Lipinski definition) is 1. The van der Waals surface area contributed by atoms with Gasteiger partial charge in [0, 0.05) is 53.8 Å². The molecule has 1 amide bonds. The highest BCUT2D eigenvalue weighted by molar-refractivity contribution is 7.92. The highest BCUT2D eigenvalue weighted by Crippen LogP contribution is 2.42. The van der Waals surface area contributed by atoms with Crippen LogP contribution in [0.15, 0.2) is 83.5 Å². The van der Waals surface area contributed by atoms with E-state index in [1.54, 1.807) is 35.3 Å². The molecule has 6 aromatic rings.